The number of hydrogen-bond acceptors (Lipinski definition) is 4. The van der Waals surface area contributed by atoms with E-state index in [1.54, 1.807) is 45.0 Å². The van der Waals surface area contributed by atoms with E-state index in [4.69, 9.17) is 5.73 Å². The SMILES string of the molecule is CC1(N)CCCCC1C(=O)Nc1ccc(CS(=O)(=O)C(C)(C)C)cc1. The molecule has 25 heavy (non-hydrogen) atoms. The van der Waals surface area contributed by atoms with Crippen LogP contribution in [-0.4, -0.2) is 24.6 Å². The molecule has 0 saturated heterocycles. The van der Waals surface area contributed by atoms with E-state index >= 15 is 0 Å². The van der Waals surface area contributed by atoms with Crippen molar-refractivity contribution >= 4 is 21.4 Å². The maximum Gasteiger partial charge on any atom is 0.229 e. The van der Waals surface area contributed by atoms with Gasteiger partial charge in [0.05, 0.1) is 16.4 Å². The van der Waals surface area contributed by atoms with Crippen LogP contribution in [0.3, 0.4) is 0 Å². The van der Waals surface area contributed by atoms with Gasteiger partial charge in [-0.05, 0) is 58.2 Å². The molecule has 1 saturated carbocycles. The Morgan fingerprint density at radius 3 is 2.36 bits per heavy atom. The van der Waals surface area contributed by atoms with E-state index in [0.29, 0.717) is 11.3 Å². The number of carbonyl (C=O) groups excluding carboxylic acids is 1. The molecule has 1 aliphatic rings. The normalized spacial score (nSPS) is 24.8. The van der Waals surface area contributed by atoms with Crippen LogP contribution in [-0.2, 0) is 20.4 Å². The minimum Gasteiger partial charge on any atom is -0.326 e. The van der Waals surface area contributed by atoms with Gasteiger partial charge in [0.25, 0.3) is 0 Å². The van der Waals surface area contributed by atoms with Crippen molar-refractivity contribution < 1.29 is 13.2 Å². The third-order valence-corrected chi connectivity index (χ3v) is 7.66. The summed E-state index contributed by atoms with van der Waals surface area (Å²) in [5, 5.41) is 2.92. The quantitative estimate of drug-likeness (QED) is 0.856. The van der Waals surface area contributed by atoms with E-state index in [-0.39, 0.29) is 17.6 Å². The third-order valence-electron chi connectivity index (χ3n) is 5.08. The van der Waals surface area contributed by atoms with Crippen molar-refractivity contribution in [2.45, 2.75) is 69.4 Å². The van der Waals surface area contributed by atoms with Crippen molar-refractivity contribution in [1.29, 1.82) is 0 Å². The molecule has 2 rings (SSSR count). The number of anilines is 1. The number of benzene rings is 1. The molecule has 6 heteroatoms. The van der Waals surface area contributed by atoms with Gasteiger partial charge in [-0.2, -0.15) is 0 Å². The summed E-state index contributed by atoms with van der Waals surface area (Å²) in [5.74, 6) is -0.254. The molecule has 3 N–H and O–H groups in total. The average Bonchev–Trinajstić information content (AvgIpc) is 2.47. The third kappa shape index (κ3) is 4.82. The molecule has 2 unspecified atom stereocenters. The second kappa shape index (κ2) is 7.08. The zero-order valence-electron chi connectivity index (χ0n) is 15.6. The molecular weight excluding hydrogens is 336 g/mol. The first kappa shape index (κ1) is 19.9. The van der Waals surface area contributed by atoms with Crippen LogP contribution in [0.25, 0.3) is 0 Å². The Kier molecular flexibility index (Phi) is 5.64. The van der Waals surface area contributed by atoms with Crippen LogP contribution in [0.5, 0.6) is 0 Å². The Balaban J connectivity index is 2.04. The van der Waals surface area contributed by atoms with Crippen LogP contribution in [0, 0.1) is 5.92 Å². The fourth-order valence-electron chi connectivity index (χ4n) is 3.14. The van der Waals surface area contributed by atoms with Gasteiger partial charge >= 0.3 is 0 Å². The van der Waals surface area contributed by atoms with Crippen molar-refractivity contribution in [3.8, 4) is 0 Å². The van der Waals surface area contributed by atoms with Gasteiger partial charge in [0, 0.05) is 11.2 Å². The van der Waals surface area contributed by atoms with Gasteiger partial charge in [-0.15, -0.1) is 0 Å². The summed E-state index contributed by atoms with van der Waals surface area (Å²) in [6.45, 7) is 7.04. The van der Waals surface area contributed by atoms with E-state index in [1.807, 2.05) is 6.92 Å². The van der Waals surface area contributed by atoms with Crippen LogP contribution in [0.1, 0.15) is 58.9 Å². The fourth-order valence-corrected chi connectivity index (χ4v) is 4.20. The summed E-state index contributed by atoms with van der Waals surface area (Å²) in [4.78, 5) is 12.5. The van der Waals surface area contributed by atoms with Crippen LogP contribution >= 0.6 is 0 Å². The van der Waals surface area contributed by atoms with E-state index in [0.717, 1.165) is 25.7 Å². The first-order chi connectivity index (χ1) is 11.4. The molecule has 5 nitrogen and oxygen atoms in total. The molecular formula is C19H30N2O3S. The van der Waals surface area contributed by atoms with E-state index in [2.05, 4.69) is 5.32 Å². The van der Waals surface area contributed by atoms with Crippen molar-refractivity contribution in [2.75, 3.05) is 5.32 Å². The van der Waals surface area contributed by atoms with E-state index < -0.39 is 20.1 Å². The predicted molar refractivity (Wildman–Crippen MR) is 102 cm³/mol. The van der Waals surface area contributed by atoms with Crippen molar-refractivity contribution in [2.24, 2.45) is 11.7 Å². The highest BCUT2D eigenvalue weighted by Crippen LogP contribution is 2.32. The van der Waals surface area contributed by atoms with E-state index in [9.17, 15) is 13.2 Å². The molecule has 1 amide bonds. The Morgan fingerprint density at radius 1 is 1.24 bits per heavy atom. The number of hydrogen-bond donors (Lipinski definition) is 2. The molecule has 0 heterocycles. The maximum atomic E-state index is 12.5. The number of rotatable bonds is 4. The summed E-state index contributed by atoms with van der Waals surface area (Å²) >= 11 is 0. The fraction of sp³-hybridized carbons (Fsp3) is 0.632. The zero-order chi connectivity index (χ0) is 18.9. The Bertz CT molecular complexity index is 716. The van der Waals surface area contributed by atoms with Gasteiger partial charge < -0.3 is 11.1 Å². The minimum atomic E-state index is -3.22. The van der Waals surface area contributed by atoms with Gasteiger partial charge in [0.1, 0.15) is 0 Å². The molecule has 0 radical (unpaired) electrons. The minimum absolute atomic E-state index is 0.00573. The van der Waals surface area contributed by atoms with Gasteiger partial charge in [-0.3, -0.25) is 4.79 Å². The molecule has 1 aliphatic carbocycles. The van der Waals surface area contributed by atoms with Gasteiger partial charge in [-0.25, -0.2) is 8.42 Å². The highest BCUT2D eigenvalue weighted by Gasteiger charge is 2.37. The van der Waals surface area contributed by atoms with Crippen molar-refractivity contribution in [3.05, 3.63) is 29.8 Å². The number of nitrogens with two attached hydrogens (primary N) is 1. The number of sulfone groups is 1. The highest BCUT2D eigenvalue weighted by atomic mass is 32.2. The molecule has 1 aromatic carbocycles. The molecule has 1 fully saturated rings. The molecule has 0 spiro atoms. The van der Waals surface area contributed by atoms with Crippen LogP contribution < -0.4 is 11.1 Å². The number of nitrogens with one attached hydrogen (secondary N) is 1. The number of amides is 1. The average molecular weight is 367 g/mol. The lowest BCUT2D eigenvalue weighted by molar-refractivity contribution is -0.122. The van der Waals surface area contributed by atoms with Crippen molar-refractivity contribution in [1.82, 2.24) is 0 Å². The monoisotopic (exact) mass is 366 g/mol. The van der Waals surface area contributed by atoms with Crippen LogP contribution in [0.4, 0.5) is 5.69 Å². The van der Waals surface area contributed by atoms with Gasteiger partial charge in [-0.1, -0.05) is 25.0 Å². The lowest BCUT2D eigenvalue weighted by Gasteiger charge is -2.37. The summed E-state index contributed by atoms with van der Waals surface area (Å²) in [6, 6.07) is 7.01. The van der Waals surface area contributed by atoms with Crippen LogP contribution in [0.15, 0.2) is 24.3 Å². The summed E-state index contributed by atoms with van der Waals surface area (Å²) in [5.41, 5.74) is 7.20. The van der Waals surface area contributed by atoms with E-state index in [1.165, 1.54) is 0 Å². The first-order valence-corrected chi connectivity index (χ1v) is 10.5. The summed E-state index contributed by atoms with van der Waals surface area (Å²) < 4.78 is 23.8. The Morgan fingerprint density at radius 2 is 1.84 bits per heavy atom. The first-order valence-electron chi connectivity index (χ1n) is 8.83. The van der Waals surface area contributed by atoms with Gasteiger partial charge in [0.15, 0.2) is 9.84 Å². The maximum absolute atomic E-state index is 12.5. The molecule has 140 valence electrons. The smallest absolute Gasteiger partial charge is 0.229 e. The Labute approximate surface area is 151 Å². The lowest BCUT2D eigenvalue weighted by atomic mass is 9.74. The second-order valence-electron chi connectivity index (χ2n) is 8.36. The molecule has 0 aromatic heterocycles. The largest absolute Gasteiger partial charge is 0.326 e. The summed E-state index contributed by atoms with van der Waals surface area (Å²) in [6.07, 6.45) is 3.75. The Hall–Kier alpha value is -1.40. The second-order valence-corrected chi connectivity index (χ2v) is 11.1. The number of carbonyl (C=O) groups is 1. The predicted octanol–water partition coefficient (Wildman–Crippen LogP) is 3.25. The van der Waals surface area contributed by atoms with Crippen molar-refractivity contribution in [3.63, 3.8) is 0 Å². The molecule has 2 atom stereocenters. The summed E-state index contributed by atoms with van der Waals surface area (Å²) in [7, 11) is -3.22. The standard InChI is InChI=1S/C19H30N2O3S/c1-18(2,3)25(23,24)13-14-8-10-15(11-9-14)21-17(22)16-7-5-6-12-19(16,4)20/h8-11,16H,5-7,12-13,20H2,1-4H3,(H,21,22). The topological polar surface area (TPSA) is 89.3 Å². The zero-order valence-corrected chi connectivity index (χ0v) is 16.4. The highest BCUT2D eigenvalue weighted by molar-refractivity contribution is 7.91. The molecule has 0 aliphatic heterocycles. The van der Waals surface area contributed by atoms with Gasteiger partial charge in [0.2, 0.25) is 5.91 Å². The molecule has 0 bridgehead atoms. The van der Waals surface area contributed by atoms with Crippen LogP contribution in [0.2, 0.25) is 0 Å². The molecule has 1 aromatic rings. The lowest BCUT2D eigenvalue weighted by Crippen LogP contribution is -2.51.